The molecule has 1 N–H and O–H groups in total. The van der Waals surface area contributed by atoms with Gasteiger partial charge in [0.25, 0.3) is 0 Å². The molecule has 2 aromatic carbocycles. The second-order valence-corrected chi connectivity index (χ2v) is 15.2. The minimum Gasteiger partial charge on any atom is -0.489 e. The van der Waals surface area contributed by atoms with Crippen molar-refractivity contribution in [3.63, 3.8) is 0 Å². The van der Waals surface area contributed by atoms with Crippen LogP contribution in [0.4, 0.5) is 8.78 Å². The number of pyridine rings is 1. The molecule has 16 heteroatoms. The van der Waals surface area contributed by atoms with Crippen LogP contribution in [-0.2, 0) is 37.2 Å². The molecule has 3 aromatic rings. The number of carbonyl (C=O) groups excluding carboxylic acids is 2. The third kappa shape index (κ3) is 9.29. The molecule has 1 aliphatic carbocycles. The third-order valence-corrected chi connectivity index (χ3v) is 11.5. The Morgan fingerprint density at radius 1 is 1.08 bits per heavy atom. The highest BCUT2D eigenvalue weighted by Gasteiger charge is 2.42. The number of hydrogen-bond donors (Lipinski definition) is 1. The predicted octanol–water partition coefficient (Wildman–Crippen LogP) is 6.05. The Hall–Kier alpha value is -3.17. The van der Waals surface area contributed by atoms with Crippen LogP contribution in [0.15, 0.2) is 59.8 Å². The van der Waals surface area contributed by atoms with Crippen molar-refractivity contribution < 1.29 is 41.0 Å². The molecule has 2 atom stereocenters. The quantitative estimate of drug-likeness (QED) is 0.185. The van der Waals surface area contributed by atoms with E-state index in [1.807, 2.05) is 0 Å². The Bertz CT molecular complexity index is 1710. The summed E-state index contributed by atoms with van der Waals surface area (Å²) in [5.41, 5.74) is 1.62. The number of esters is 1. The maximum atomic E-state index is 13.8. The summed E-state index contributed by atoms with van der Waals surface area (Å²) in [6, 6.07) is 10.5. The number of benzene rings is 2. The van der Waals surface area contributed by atoms with Crippen LogP contribution in [0.5, 0.6) is 11.5 Å². The second kappa shape index (κ2) is 16.0. The minimum absolute atomic E-state index is 0.00467. The first-order valence-electron chi connectivity index (χ1n) is 15.1. The normalized spacial score (nSPS) is 17.2. The molecule has 5 rings (SSSR count). The number of hydrogen-bond acceptors (Lipinski definition) is 9. The molecule has 2 heterocycles. The SMILES string of the molecule is CC(=O)NCCc1ccc(S(=O)(=O)N2CCSC2C(=O)OC(Cc2c(Cl)cncc2Cl)c2ccc(OC(F)F)c(OCC3CC3)c2)cc1. The van der Waals surface area contributed by atoms with Gasteiger partial charge in [-0.2, -0.15) is 13.1 Å². The predicted molar refractivity (Wildman–Crippen MR) is 177 cm³/mol. The summed E-state index contributed by atoms with van der Waals surface area (Å²) in [4.78, 5) is 28.9. The minimum atomic E-state index is -4.11. The second-order valence-electron chi connectivity index (χ2n) is 11.3. The number of halogens is 4. The largest absolute Gasteiger partial charge is 0.489 e. The fourth-order valence-electron chi connectivity index (χ4n) is 5.00. The van der Waals surface area contributed by atoms with Crippen LogP contribution in [0.3, 0.4) is 0 Å². The number of aromatic nitrogens is 1. The van der Waals surface area contributed by atoms with Gasteiger partial charge >= 0.3 is 12.6 Å². The summed E-state index contributed by atoms with van der Waals surface area (Å²) in [7, 11) is -4.11. The maximum Gasteiger partial charge on any atom is 0.387 e. The molecule has 10 nitrogen and oxygen atoms in total. The van der Waals surface area contributed by atoms with E-state index in [1.165, 1.54) is 49.6 Å². The van der Waals surface area contributed by atoms with Gasteiger partial charge in [-0.1, -0.05) is 41.4 Å². The zero-order chi connectivity index (χ0) is 34.4. The smallest absolute Gasteiger partial charge is 0.387 e. The van der Waals surface area contributed by atoms with Gasteiger partial charge in [0.1, 0.15) is 6.10 Å². The molecule has 258 valence electrons. The Kier molecular flexibility index (Phi) is 12.1. The van der Waals surface area contributed by atoms with E-state index in [2.05, 4.69) is 15.0 Å². The number of alkyl halides is 2. The van der Waals surface area contributed by atoms with E-state index in [9.17, 15) is 26.8 Å². The van der Waals surface area contributed by atoms with Crippen molar-refractivity contribution in [2.45, 2.75) is 55.6 Å². The average molecular weight is 745 g/mol. The van der Waals surface area contributed by atoms with Gasteiger partial charge in [-0.3, -0.25) is 9.78 Å². The molecule has 2 unspecified atom stereocenters. The summed E-state index contributed by atoms with van der Waals surface area (Å²) < 4.78 is 71.4. The van der Waals surface area contributed by atoms with Gasteiger partial charge in [-0.25, -0.2) is 13.2 Å². The molecule has 1 aliphatic heterocycles. The molecule has 1 amide bonds. The van der Waals surface area contributed by atoms with E-state index in [-0.39, 0.29) is 45.3 Å². The fourth-order valence-corrected chi connectivity index (χ4v) is 8.57. The molecule has 1 saturated heterocycles. The number of carbonyl (C=O) groups is 2. The van der Waals surface area contributed by atoms with Crippen molar-refractivity contribution in [2.24, 2.45) is 5.92 Å². The Morgan fingerprint density at radius 2 is 1.79 bits per heavy atom. The topological polar surface area (TPSA) is 124 Å². The summed E-state index contributed by atoms with van der Waals surface area (Å²) in [5.74, 6) is -0.458. The van der Waals surface area contributed by atoms with Crippen molar-refractivity contribution in [2.75, 3.05) is 25.4 Å². The molecule has 2 aliphatic rings. The van der Waals surface area contributed by atoms with Crippen molar-refractivity contribution in [1.29, 1.82) is 0 Å². The highest BCUT2D eigenvalue weighted by molar-refractivity contribution is 8.02. The monoisotopic (exact) mass is 743 g/mol. The van der Waals surface area contributed by atoms with Crippen LogP contribution in [0, 0.1) is 5.92 Å². The number of thioether (sulfide) groups is 1. The standard InChI is InChI=1S/C32H33Cl2F2N3O7S2/c1-19(40)38-11-10-20-4-7-23(8-5-20)48(42,43)39-12-13-47-30(39)31(41)45-28(15-24-25(33)16-37-17-26(24)34)22-6-9-27(46-32(35)36)29(14-22)44-18-21-2-3-21/h4-9,14,16-17,21,28,30,32H,2-3,10-13,15,18H2,1H3,(H,38,40). The van der Waals surface area contributed by atoms with Crippen molar-refractivity contribution in [3.05, 3.63) is 81.6 Å². The Morgan fingerprint density at radius 3 is 2.44 bits per heavy atom. The summed E-state index contributed by atoms with van der Waals surface area (Å²) in [5, 5.41) is 1.92. The van der Waals surface area contributed by atoms with Crippen LogP contribution in [-0.4, -0.2) is 67.0 Å². The van der Waals surface area contributed by atoms with Crippen LogP contribution in [0.1, 0.15) is 42.6 Å². The molecule has 48 heavy (non-hydrogen) atoms. The van der Waals surface area contributed by atoms with Crippen molar-refractivity contribution in [1.82, 2.24) is 14.6 Å². The number of rotatable bonds is 15. The lowest BCUT2D eigenvalue weighted by molar-refractivity contribution is -0.150. The first kappa shape index (κ1) is 36.1. The Labute approximate surface area is 291 Å². The molecular formula is C32H33Cl2F2N3O7S2. The van der Waals surface area contributed by atoms with Gasteiger partial charge in [-0.05, 0) is 66.1 Å². The van der Waals surface area contributed by atoms with Crippen molar-refractivity contribution >= 4 is 56.9 Å². The maximum absolute atomic E-state index is 13.8. The number of nitrogens with one attached hydrogen (secondary N) is 1. The van der Waals surface area contributed by atoms with E-state index in [0.717, 1.165) is 34.5 Å². The van der Waals surface area contributed by atoms with Crippen molar-refractivity contribution in [3.8, 4) is 11.5 Å². The Balaban J connectivity index is 1.40. The molecule has 2 fully saturated rings. The molecule has 0 bridgehead atoms. The van der Waals surface area contributed by atoms with E-state index < -0.39 is 34.1 Å². The van der Waals surface area contributed by atoms with Crippen LogP contribution in [0.2, 0.25) is 10.0 Å². The lowest BCUT2D eigenvalue weighted by Crippen LogP contribution is -2.40. The number of sulfonamides is 1. The molecule has 0 spiro atoms. The van der Waals surface area contributed by atoms with E-state index in [4.69, 9.17) is 32.7 Å². The van der Waals surface area contributed by atoms with Crippen LogP contribution in [0.25, 0.3) is 0 Å². The van der Waals surface area contributed by atoms with Crippen LogP contribution < -0.4 is 14.8 Å². The van der Waals surface area contributed by atoms with Gasteiger partial charge < -0.3 is 19.5 Å². The number of amides is 1. The first-order valence-corrected chi connectivity index (χ1v) is 18.3. The highest BCUT2D eigenvalue weighted by Crippen LogP contribution is 2.39. The molecule has 1 aromatic heterocycles. The number of nitrogens with zero attached hydrogens (tertiary/aromatic N) is 2. The number of ether oxygens (including phenoxy) is 3. The third-order valence-electron chi connectivity index (χ3n) is 7.70. The van der Waals surface area contributed by atoms with Crippen LogP contribution >= 0.6 is 35.0 Å². The highest BCUT2D eigenvalue weighted by atomic mass is 35.5. The lowest BCUT2D eigenvalue weighted by Gasteiger charge is -2.26. The lowest BCUT2D eigenvalue weighted by atomic mass is 10.0. The van der Waals surface area contributed by atoms with E-state index >= 15 is 0 Å². The van der Waals surface area contributed by atoms with Gasteiger partial charge in [-0.15, -0.1) is 11.8 Å². The molecular weight excluding hydrogens is 711 g/mol. The van der Waals surface area contributed by atoms with E-state index in [1.54, 1.807) is 12.1 Å². The molecule has 0 radical (unpaired) electrons. The summed E-state index contributed by atoms with van der Waals surface area (Å²) >= 11 is 13.9. The average Bonchev–Trinajstić information content (AvgIpc) is 3.73. The van der Waals surface area contributed by atoms with Gasteiger partial charge in [0, 0.05) is 44.6 Å². The van der Waals surface area contributed by atoms with E-state index in [0.29, 0.717) is 42.4 Å². The summed E-state index contributed by atoms with van der Waals surface area (Å²) in [6.07, 6.45) is 4.11. The van der Waals surface area contributed by atoms with Gasteiger partial charge in [0.2, 0.25) is 15.9 Å². The first-order chi connectivity index (χ1) is 22.9. The zero-order valence-electron chi connectivity index (χ0n) is 25.7. The summed E-state index contributed by atoms with van der Waals surface area (Å²) in [6.45, 7) is -0.889. The fraction of sp³-hybridized carbons (Fsp3) is 0.406. The molecule has 1 saturated carbocycles. The zero-order valence-corrected chi connectivity index (χ0v) is 28.9. The van der Waals surface area contributed by atoms with Gasteiger partial charge in [0.05, 0.1) is 21.5 Å². The van der Waals surface area contributed by atoms with Gasteiger partial charge in [0.15, 0.2) is 16.9 Å².